The number of amides is 1. The van der Waals surface area contributed by atoms with E-state index >= 15 is 0 Å². The lowest BCUT2D eigenvalue weighted by Gasteiger charge is -2.24. The van der Waals surface area contributed by atoms with Crippen molar-refractivity contribution in [3.8, 4) is 0 Å². The quantitative estimate of drug-likeness (QED) is 0.608. The van der Waals surface area contributed by atoms with E-state index in [-0.39, 0.29) is 30.3 Å². The summed E-state index contributed by atoms with van der Waals surface area (Å²) < 4.78 is 1.29. The van der Waals surface area contributed by atoms with Crippen LogP contribution in [0.15, 0.2) is 83.8 Å². The minimum absolute atomic E-state index is 0.134. The predicted octanol–water partition coefficient (Wildman–Crippen LogP) is 3.52. The third kappa shape index (κ3) is 5.22. The molecule has 0 saturated carbocycles. The molecule has 1 amide bonds. The van der Waals surface area contributed by atoms with E-state index in [0.29, 0.717) is 17.1 Å². The molecule has 0 atom stereocenters. The summed E-state index contributed by atoms with van der Waals surface area (Å²) in [7, 11) is 0. The third-order valence-corrected chi connectivity index (χ3v) is 4.72. The number of carbonyl (C=O) groups excluding carboxylic acids is 1. The molecule has 3 aromatic rings. The summed E-state index contributed by atoms with van der Waals surface area (Å²) in [5.41, 5.74) is 1.37. The molecule has 0 aliphatic rings. The first-order chi connectivity index (χ1) is 14.1. The van der Waals surface area contributed by atoms with Gasteiger partial charge in [-0.3, -0.25) is 14.2 Å². The number of aromatic nitrogens is 1. The van der Waals surface area contributed by atoms with Crippen molar-refractivity contribution in [2.24, 2.45) is 0 Å². The number of benzene rings is 2. The van der Waals surface area contributed by atoms with Crippen LogP contribution in [0.1, 0.15) is 11.1 Å². The highest BCUT2D eigenvalue weighted by atomic mass is 35.5. The van der Waals surface area contributed by atoms with Gasteiger partial charge in [0, 0.05) is 30.4 Å². The number of hydrogen-bond donors (Lipinski definition) is 1. The van der Waals surface area contributed by atoms with Gasteiger partial charge in [0.15, 0.2) is 0 Å². The van der Waals surface area contributed by atoms with Crippen LogP contribution in [0.2, 0.25) is 5.02 Å². The number of carbonyl (C=O) groups is 1. The lowest BCUT2D eigenvalue weighted by Crippen LogP contribution is -2.36. The molecule has 6 heteroatoms. The smallest absolute Gasteiger partial charge is 0.271 e. The van der Waals surface area contributed by atoms with Crippen molar-refractivity contribution < 1.29 is 9.90 Å². The van der Waals surface area contributed by atoms with Crippen molar-refractivity contribution in [3.05, 3.63) is 105 Å². The normalized spacial score (nSPS) is 11.3. The fourth-order valence-electron chi connectivity index (χ4n) is 2.94. The second kappa shape index (κ2) is 9.87. The van der Waals surface area contributed by atoms with E-state index in [1.807, 2.05) is 36.4 Å². The molecule has 1 N–H and O–H groups in total. The van der Waals surface area contributed by atoms with Crippen molar-refractivity contribution in [3.63, 3.8) is 0 Å². The molecule has 0 aliphatic heterocycles. The monoisotopic (exact) mass is 408 g/mol. The minimum atomic E-state index is -0.379. The zero-order chi connectivity index (χ0) is 20.6. The van der Waals surface area contributed by atoms with Gasteiger partial charge in [0.1, 0.15) is 5.70 Å². The fourth-order valence-corrected chi connectivity index (χ4v) is 3.13. The van der Waals surface area contributed by atoms with Crippen molar-refractivity contribution in [1.29, 1.82) is 0 Å². The molecule has 0 bridgehead atoms. The Morgan fingerprint density at radius 1 is 1.00 bits per heavy atom. The minimum Gasteiger partial charge on any atom is -0.395 e. The summed E-state index contributed by atoms with van der Waals surface area (Å²) in [6.45, 7) is 0.248. The molecule has 1 aromatic heterocycles. The van der Waals surface area contributed by atoms with Crippen molar-refractivity contribution in [1.82, 2.24) is 9.47 Å². The summed E-state index contributed by atoms with van der Waals surface area (Å²) in [5, 5.41) is 9.97. The van der Waals surface area contributed by atoms with Crippen molar-refractivity contribution in [2.75, 3.05) is 13.2 Å². The summed E-state index contributed by atoms with van der Waals surface area (Å²) in [6.07, 6.45) is 3.14. The number of aliphatic hydroxyl groups excluding tert-OH is 1. The predicted molar refractivity (Wildman–Crippen MR) is 115 cm³/mol. The molecule has 3 rings (SSSR count). The van der Waals surface area contributed by atoms with E-state index in [2.05, 4.69) is 0 Å². The number of halogens is 1. The van der Waals surface area contributed by atoms with Gasteiger partial charge in [0.05, 0.1) is 6.61 Å². The Hall–Kier alpha value is -3.15. The second-order valence-corrected chi connectivity index (χ2v) is 6.80. The molecule has 148 valence electrons. The van der Waals surface area contributed by atoms with Crippen LogP contribution in [-0.2, 0) is 11.3 Å². The third-order valence-electron chi connectivity index (χ3n) is 4.37. The molecule has 1 heterocycles. The molecule has 0 radical (unpaired) electrons. The van der Waals surface area contributed by atoms with Gasteiger partial charge in [0.2, 0.25) is 0 Å². The highest BCUT2D eigenvalue weighted by Gasteiger charge is 2.21. The zero-order valence-electron chi connectivity index (χ0n) is 15.7. The molecule has 0 aliphatic carbocycles. The highest BCUT2D eigenvalue weighted by molar-refractivity contribution is 6.32. The van der Waals surface area contributed by atoms with Gasteiger partial charge >= 0.3 is 0 Å². The van der Waals surface area contributed by atoms with E-state index in [9.17, 15) is 14.7 Å². The first kappa shape index (κ1) is 20.6. The lowest BCUT2D eigenvalue weighted by molar-refractivity contribution is -0.126. The van der Waals surface area contributed by atoms with Crippen LogP contribution in [-0.4, -0.2) is 33.6 Å². The number of pyridine rings is 1. The molecule has 0 saturated heterocycles. The van der Waals surface area contributed by atoms with E-state index in [1.54, 1.807) is 42.6 Å². The number of nitrogens with zero attached hydrogens (tertiary/aromatic N) is 2. The van der Waals surface area contributed by atoms with Gasteiger partial charge in [-0.2, -0.15) is 0 Å². The molecule has 0 spiro atoms. The Morgan fingerprint density at radius 3 is 2.38 bits per heavy atom. The molecule has 29 heavy (non-hydrogen) atoms. The maximum absolute atomic E-state index is 13.4. The maximum Gasteiger partial charge on any atom is 0.271 e. The van der Waals surface area contributed by atoms with Gasteiger partial charge in [-0.25, -0.2) is 0 Å². The Kier molecular flexibility index (Phi) is 7.00. The summed E-state index contributed by atoms with van der Waals surface area (Å²) in [5.74, 6) is -0.379. The van der Waals surface area contributed by atoms with E-state index in [1.165, 1.54) is 15.5 Å². The van der Waals surface area contributed by atoms with Crippen LogP contribution in [0.25, 0.3) is 11.8 Å². The van der Waals surface area contributed by atoms with E-state index < -0.39 is 0 Å². The second-order valence-electron chi connectivity index (χ2n) is 6.40. The van der Waals surface area contributed by atoms with Crippen LogP contribution < -0.4 is 5.56 Å². The van der Waals surface area contributed by atoms with Gasteiger partial charge < -0.3 is 10.0 Å². The van der Waals surface area contributed by atoms with Gasteiger partial charge in [-0.1, -0.05) is 66.2 Å². The Bertz CT molecular complexity index is 1060. The van der Waals surface area contributed by atoms with Crippen LogP contribution in [0.5, 0.6) is 0 Å². The fraction of sp³-hybridized carbons (Fsp3) is 0.130. The van der Waals surface area contributed by atoms with Crippen LogP contribution in [0, 0.1) is 0 Å². The van der Waals surface area contributed by atoms with E-state index in [0.717, 1.165) is 5.56 Å². The number of rotatable bonds is 7. The summed E-state index contributed by atoms with van der Waals surface area (Å²) >= 11 is 6.27. The summed E-state index contributed by atoms with van der Waals surface area (Å²) in [6, 6.07) is 21.3. The van der Waals surface area contributed by atoms with Crippen LogP contribution in [0.3, 0.4) is 0 Å². The average molecular weight is 409 g/mol. The van der Waals surface area contributed by atoms with Crippen molar-refractivity contribution in [2.45, 2.75) is 6.54 Å². The number of hydrogen-bond acceptors (Lipinski definition) is 3. The SMILES string of the molecule is O=C(/C(=C\c1ccccc1Cl)n1ccccc1=O)N(CCO)Cc1ccccc1. The van der Waals surface area contributed by atoms with E-state index in [4.69, 9.17) is 11.6 Å². The first-order valence-electron chi connectivity index (χ1n) is 9.18. The Morgan fingerprint density at radius 2 is 1.69 bits per heavy atom. The highest BCUT2D eigenvalue weighted by Crippen LogP contribution is 2.21. The Labute approximate surface area is 174 Å². The largest absolute Gasteiger partial charge is 0.395 e. The first-order valence-corrected chi connectivity index (χ1v) is 9.56. The maximum atomic E-state index is 13.4. The Balaban J connectivity index is 2.06. The lowest BCUT2D eigenvalue weighted by atomic mass is 10.1. The zero-order valence-corrected chi connectivity index (χ0v) is 16.5. The summed E-state index contributed by atoms with van der Waals surface area (Å²) in [4.78, 5) is 27.4. The van der Waals surface area contributed by atoms with Gasteiger partial charge in [0.25, 0.3) is 11.5 Å². The number of aliphatic hydroxyl groups is 1. The molecular formula is C23H21ClN2O3. The molecule has 2 aromatic carbocycles. The molecular weight excluding hydrogens is 388 g/mol. The topological polar surface area (TPSA) is 62.5 Å². The standard InChI is InChI=1S/C23H21ClN2O3/c24-20-11-5-4-10-19(20)16-21(26-13-7-6-12-22(26)28)23(29)25(14-15-27)17-18-8-2-1-3-9-18/h1-13,16,27H,14-15,17H2/b21-16+. The van der Waals surface area contributed by atoms with Crippen LogP contribution >= 0.6 is 11.6 Å². The van der Waals surface area contributed by atoms with Crippen LogP contribution in [0.4, 0.5) is 0 Å². The molecule has 0 fully saturated rings. The van der Waals surface area contributed by atoms with Crippen molar-refractivity contribution >= 4 is 29.3 Å². The van der Waals surface area contributed by atoms with Gasteiger partial charge in [-0.15, -0.1) is 0 Å². The average Bonchev–Trinajstić information content (AvgIpc) is 2.74. The van der Waals surface area contributed by atoms with Gasteiger partial charge in [-0.05, 0) is 29.3 Å². The molecule has 0 unspecified atom stereocenters. The molecule has 5 nitrogen and oxygen atoms in total.